The van der Waals surface area contributed by atoms with E-state index >= 15 is 0 Å². The van der Waals surface area contributed by atoms with E-state index in [1.165, 1.54) is 29.2 Å². The van der Waals surface area contributed by atoms with Crippen LogP contribution in [0.5, 0.6) is 0 Å². The molecule has 1 heterocycles. The van der Waals surface area contributed by atoms with Gasteiger partial charge in [-0.15, -0.1) is 0 Å². The van der Waals surface area contributed by atoms with E-state index < -0.39 is 11.9 Å². The molecule has 1 aliphatic carbocycles. The lowest BCUT2D eigenvalue weighted by molar-refractivity contribution is -0.124. The zero-order chi connectivity index (χ0) is 21.3. The van der Waals surface area contributed by atoms with E-state index in [-0.39, 0.29) is 30.3 Å². The highest BCUT2D eigenvalue weighted by Crippen LogP contribution is 2.34. The Hall–Kier alpha value is -3.22. The van der Waals surface area contributed by atoms with Gasteiger partial charge in [-0.2, -0.15) is 0 Å². The van der Waals surface area contributed by atoms with Crippen LogP contribution in [0.4, 0.5) is 20.6 Å². The summed E-state index contributed by atoms with van der Waals surface area (Å²) in [6, 6.07) is 11.4. The molecule has 4 amide bonds. The van der Waals surface area contributed by atoms with Crippen molar-refractivity contribution in [2.45, 2.75) is 51.1 Å². The lowest BCUT2D eigenvalue weighted by atomic mass is 10.1. The minimum atomic E-state index is -0.845. The van der Waals surface area contributed by atoms with Crippen LogP contribution in [0.15, 0.2) is 48.5 Å². The molecule has 0 aromatic heterocycles. The summed E-state index contributed by atoms with van der Waals surface area (Å²) >= 11 is 0. The topological polar surface area (TPSA) is 69.7 Å². The quantitative estimate of drug-likeness (QED) is 0.751. The first-order chi connectivity index (χ1) is 14.4. The van der Waals surface area contributed by atoms with Gasteiger partial charge in [0.2, 0.25) is 5.91 Å². The number of anilines is 2. The van der Waals surface area contributed by atoms with Crippen LogP contribution in [0, 0.1) is 12.7 Å². The van der Waals surface area contributed by atoms with Gasteiger partial charge in [0.05, 0.1) is 12.1 Å². The van der Waals surface area contributed by atoms with Crippen LogP contribution in [0.2, 0.25) is 0 Å². The second-order valence-electron chi connectivity index (χ2n) is 7.91. The van der Waals surface area contributed by atoms with Gasteiger partial charge in [0.1, 0.15) is 11.9 Å². The molecular formula is C23H24FN3O3. The summed E-state index contributed by atoms with van der Waals surface area (Å²) in [5.41, 5.74) is 1.99. The Balaban J connectivity index is 1.57. The molecule has 2 aromatic rings. The third kappa shape index (κ3) is 3.92. The van der Waals surface area contributed by atoms with Gasteiger partial charge in [0.15, 0.2) is 0 Å². The average molecular weight is 409 g/mol. The molecule has 1 aliphatic heterocycles. The Bertz CT molecular complexity index is 953. The van der Waals surface area contributed by atoms with Gasteiger partial charge in [-0.25, -0.2) is 14.1 Å². The third-order valence-electron chi connectivity index (χ3n) is 5.77. The first kappa shape index (κ1) is 20.1. The van der Waals surface area contributed by atoms with Gasteiger partial charge in [-0.3, -0.25) is 9.59 Å². The van der Waals surface area contributed by atoms with Crippen molar-refractivity contribution in [2.24, 2.45) is 0 Å². The Labute approximate surface area is 174 Å². The van der Waals surface area contributed by atoms with Gasteiger partial charge in [0, 0.05) is 11.7 Å². The van der Waals surface area contributed by atoms with Crippen LogP contribution in [-0.4, -0.2) is 34.8 Å². The molecule has 2 aliphatic rings. The van der Waals surface area contributed by atoms with E-state index in [2.05, 4.69) is 5.32 Å². The van der Waals surface area contributed by atoms with Crippen molar-refractivity contribution in [3.8, 4) is 0 Å². The molecular weight excluding hydrogens is 385 g/mol. The number of hydrogen-bond donors (Lipinski definition) is 1. The van der Waals surface area contributed by atoms with Crippen molar-refractivity contribution < 1.29 is 18.8 Å². The molecule has 0 unspecified atom stereocenters. The minimum absolute atomic E-state index is 0.0412. The second-order valence-corrected chi connectivity index (χ2v) is 7.91. The monoisotopic (exact) mass is 409 g/mol. The zero-order valence-electron chi connectivity index (χ0n) is 16.8. The van der Waals surface area contributed by atoms with Gasteiger partial charge in [-0.05, 0) is 56.2 Å². The maximum atomic E-state index is 13.2. The number of urea groups is 1. The summed E-state index contributed by atoms with van der Waals surface area (Å²) in [5, 5.41) is 2.69. The number of carbonyl (C=O) groups is 3. The molecule has 1 N–H and O–H groups in total. The standard InChI is InChI=1S/C23H24FN3O3/c1-15-6-12-19(13-7-15)27-22(29)20(26(23(27)30)18-4-2-3-5-18)14-21(28)25-17-10-8-16(24)9-11-17/h6-13,18,20H,2-5,14H2,1H3,(H,25,28)/t20-/m1/s1. The van der Waals surface area contributed by atoms with Crippen molar-refractivity contribution in [3.63, 3.8) is 0 Å². The molecule has 156 valence electrons. The zero-order valence-corrected chi connectivity index (χ0v) is 16.8. The van der Waals surface area contributed by atoms with Crippen molar-refractivity contribution in [3.05, 3.63) is 59.9 Å². The first-order valence-electron chi connectivity index (χ1n) is 10.2. The molecule has 1 saturated carbocycles. The van der Waals surface area contributed by atoms with Crippen molar-refractivity contribution >= 4 is 29.2 Å². The highest BCUT2D eigenvalue weighted by Gasteiger charge is 2.49. The highest BCUT2D eigenvalue weighted by molar-refractivity contribution is 6.22. The highest BCUT2D eigenvalue weighted by atomic mass is 19.1. The van der Waals surface area contributed by atoms with Crippen LogP contribution in [-0.2, 0) is 9.59 Å². The largest absolute Gasteiger partial charge is 0.332 e. The number of hydrogen-bond acceptors (Lipinski definition) is 3. The van der Waals surface area contributed by atoms with Gasteiger partial charge in [0.25, 0.3) is 5.91 Å². The minimum Gasteiger partial charge on any atom is -0.326 e. The number of nitrogens with zero attached hydrogens (tertiary/aromatic N) is 2. The number of amides is 4. The van der Waals surface area contributed by atoms with Gasteiger partial charge >= 0.3 is 6.03 Å². The van der Waals surface area contributed by atoms with E-state index in [1.54, 1.807) is 17.0 Å². The number of nitrogens with one attached hydrogen (secondary N) is 1. The molecule has 7 heteroatoms. The molecule has 6 nitrogen and oxygen atoms in total. The van der Waals surface area contributed by atoms with E-state index in [4.69, 9.17) is 0 Å². The number of aryl methyl sites for hydroxylation is 1. The summed E-state index contributed by atoms with van der Waals surface area (Å²) in [5.74, 6) is -1.17. The van der Waals surface area contributed by atoms with E-state index in [0.717, 1.165) is 31.2 Å². The van der Waals surface area contributed by atoms with Crippen LogP contribution in [0.3, 0.4) is 0 Å². The number of rotatable bonds is 5. The molecule has 0 bridgehead atoms. The molecule has 2 aromatic carbocycles. The fraction of sp³-hybridized carbons (Fsp3) is 0.348. The first-order valence-corrected chi connectivity index (χ1v) is 10.2. The molecule has 0 radical (unpaired) electrons. The van der Waals surface area contributed by atoms with Gasteiger partial charge in [-0.1, -0.05) is 30.5 Å². The Kier molecular flexibility index (Phi) is 5.53. The smallest absolute Gasteiger partial charge is 0.326 e. The van der Waals surface area contributed by atoms with Crippen LogP contribution >= 0.6 is 0 Å². The molecule has 1 atom stereocenters. The predicted octanol–water partition coefficient (Wildman–Crippen LogP) is 4.24. The van der Waals surface area contributed by atoms with Crippen LogP contribution < -0.4 is 10.2 Å². The van der Waals surface area contributed by atoms with Crippen LogP contribution in [0.1, 0.15) is 37.7 Å². The molecule has 2 fully saturated rings. The van der Waals surface area contributed by atoms with E-state index in [9.17, 15) is 18.8 Å². The van der Waals surface area contributed by atoms with Crippen molar-refractivity contribution in [2.75, 3.05) is 10.2 Å². The Morgan fingerprint density at radius 2 is 1.67 bits per heavy atom. The lowest BCUT2D eigenvalue weighted by Gasteiger charge is -2.27. The second kappa shape index (κ2) is 8.26. The summed E-state index contributed by atoms with van der Waals surface area (Å²) in [4.78, 5) is 41.9. The fourth-order valence-corrected chi connectivity index (χ4v) is 4.24. The summed E-state index contributed by atoms with van der Waals surface area (Å²) in [6.07, 6.45) is 3.53. The van der Waals surface area contributed by atoms with Crippen molar-refractivity contribution in [1.29, 1.82) is 0 Å². The third-order valence-corrected chi connectivity index (χ3v) is 5.77. The van der Waals surface area contributed by atoms with Gasteiger partial charge < -0.3 is 10.2 Å². The number of benzene rings is 2. The fourth-order valence-electron chi connectivity index (χ4n) is 4.24. The van der Waals surface area contributed by atoms with E-state index in [0.29, 0.717) is 11.4 Å². The number of halogens is 1. The predicted molar refractivity (Wildman–Crippen MR) is 112 cm³/mol. The Morgan fingerprint density at radius 3 is 2.30 bits per heavy atom. The van der Waals surface area contributed by atoms with E-state index in [1.807, 2.05) is 19.1 Å². The average Bonchev–Trinajstić information content (AvgIpc) is 3.32. The molecule has 4 rings (SSSR count). The lowest BCUT2D eigenvalue weighted by Crippen LogP contribution is -2.43. The number of carbonyl (C=O) groups excluding carboxylic acids is 3. The summed E-state index contributed by atoms with van der Waals surface area (Å²) in [7, 11) is 0. The van der Waals surface area contributed by atoms with Crippen molar-refractivity contribution in [1.82, 2.24) is 4.90 Å². The maximum absolute atomic E-state index is 13.2. The summed E-state index contributed by atoms with van der Waals surface area (Å²) in [6.45, 7) is 1.94. The van der Waals surface area contributed by atoms with Crippen LogP contribution in [0.25, 0.3) is 0 Å². The SMILES string of the molecule is Cc1ccc(N2C(=O)[C@@H](CC(=O)Nc3ccc(F)cc3)N(C3CCCC3)C2=O)cc1. The number of imide groups is 1. The Morgan fingerprint density at radius 1 is 1.03 bits per heavy atom. The normalized spacial score (nSPS) is 19.6. The molecule has 30 heavy (non-hydrogen) atoms. The molecule has 1 saturated heterocycles. The maximum Gasteiger partial charge on any atom is 0.332 e. The molecule has 0 spiro atoms. The summed E-state index contributed by atoms with van der Waals surface area (Å²) < 4.78 is 13.1.